The summed E-state index contributed by atoms with van der Waals surface area (Å²) in [6.07, 6.45) is 0. The molecule has 0 aliphatic rings. The van der Waals surface area contributed by atoms with Gasteiger partial charge in [-0.2, -0.15) is 0 Å². The number of benzene rings is 3. The normalized spacial score (nSPS) is 10.9. The minimum Gasteiger partial charge on any atom is -0.455 e. The molecule has 144 valence electrons. The van der Waals surface area contributed by atoms with E-state index in [1.165, 1.54) is 0 Å². The van der Waals surface area contributed by atoms with Gasteiger partial charge in [-0.3, -0.25) is 9.59 Å². The molecule has 4 aromatic rings. The zero-order valence-corrected chi connectivity index (χ0v) is 16.6. The number of aryl methyl sites for hydroxylation is 1. The van der Waals surface area contributed by atoms with Crippen LogP contribution in [0.25, 0.3) is 22.3 Å². The lowest BCUT2D eigenvalue weighted by molar-refractivity contribution is 0.0993. The van der Waals surface area contributed by atoms with Crippen molar-refractivity contribution in [2.45, 2.75) is 13.8 Å². The summed E-state index contributed by atoms with van der Waals surface area (Å²) in [5.74, 6) is 0.256. The summed E-state index contributed by atoms with van der Waals surface area (Å²) < 4.78 is 6.17. The molecule has 29 heavy (non-hydrogen) atoms. The lowest BCUT2D eigenvalue weighted by atomic mass is 10.0. The molecular weight excluding hydrogens is 362 g/mol. The lowest BCUT2D eigenvalue weighted by Gasteiger charge is -2.18. The number of hydrogen-bond donors (Lipinski definition) is 0. The summed E-state index contributed by atoms with van der Waals surface area (Å²) in [7, 11) is 1.72. The molecule has 0 saturated carbocycles. The molecule has 0 spiro atoms. The molecule has 0 bridgehead atoms. The van der Waals surface area contributed by atoms with E-state index >= 15 is 0 Å². The lowest BCUT2D eigenvalue weighted by Crippen LogP contribution is -2.26. The predicted molar refractivity (Wildman–Crippen MR) is 117 cm³/mol. The minimum atomic E-state index is -0.231. The Morgan fingerprint density at radius 3 is 2.24 bits per heavy atom. The van der Waals surface area contributed by atoms with E-state index in [2.05, 4.69) is 0 Å². The molecule has 4 nitrogen and oxygen atoms in total. The molecule has 0 aliphatic heterocycles. The van der Waals surface area contributed by atoms with Gasteiger partial charge in [0.05, 0.1) is 10.9 Å². The van der Waals surface area contributed by atoms with Crippen LogP contribution in [0.15, 0.2) is 82.0 Å². The maximum Gasteiger partial charge on any atom is 0.261 e. The molecule has 4 heteroatoms. The average molecular weight is 383 g/mol. The van der Waals surface area contributed by atoms with Crippen LogP contribution in [0.2, 0.25) is 0 Å². The van der Waals surface area contributed by atoms with Crippen molar-refractivity contribution < 1.29 is 9.21 Å². The van der Waals surface area contributed by atoms with Gasteiger partial charge in [-0.15, -0.1) is 0 Å². The van der Waals surface area contributed by atoms with Crippen molar-refractivity contribution in [3.8, 4) is 11.3 Å². The Labute approximate surface area is 169 Å². The number of anilines is 1. The fourth-order valence-electron chi connectivity index (χ4n) is 3.41. The molecule has 1 heterocycles. The van der Waals surface area contributed by atoms with Crippen molar-refractivity contribution in [3.63, 3.8) is 0 Å². The van der Waals surface area contributed by atoms with E-state index in [1.807, 2.05) is 61.5 Å². The van der Waals surface area contributed by atoms with Crippen molar-refractivity contribution >= 4 is 22.6 Å². The van der Waals surface area contributed by atoms with Crippen LogP contribution < -0.4 is 10.3 Å². The fourth-order valence-corrected chi connectivity index (χ4v) is 3.41. The van der Waals surface area contributed by atoms with Crippen LogP contribution in [0.1, 0.15) is 21.5 Å². The summed E-state index contributed by atoms with van der Waals surface area (Å²) in [4.78, 5) is 27.8. The van der Waals surface area contributed by atoms with Gasteiger partial charge >= 0.3 is 0 Å². The van der Waals surface area contributed by atoms with Crippen molar-refractivity contribution in [1.82, 2.24) is 0 Å². The van der Waals surface area contributed by atoms with Crippen LogP contribution >= 0.6 is 0 Å². The molecule has 1 amide bonds. The number of nitrogens with zero attached hydrogens (tertiary/aromatic N) is 1. The molecule has 0 aliphatic carbocycles. The standard InChI is InChI=1S/C25H21NO3/c1-16-12-14-19(15-13-16)26(3)25(28)21-11-7-10-20-22(27)17(2)23(29-24(20)21)18-8-5-4-6-9-18/h4-15H,1-3H3. The Bertz CT molecular complexity index is 1260. The number of rotatable bonds is 3. The van der Waals surface area contributed by atoms with Crippen molar-refractivity contribution in [2.24, 2.45) is 0 Å². The highest BCUT2D eigenvalue weighted by molar-refractivity contribution is 6.12. The van der Waals surface area contributed by atoms with Crippen molar-refractivity contribution in [3.05, 3.63) is 99.7 Å². The van der Waals surface area contributed by atoms with Gasteiger partial charge in [0.15, 0.2) is 11.0 Å². The largest absolute Gasteiger partial charge is 0.455 e. The minimum absolute atomic E-state index is 0.127. The maximum atomic E-state index is 13.3. The molecular formula is C25H21NO3. The van der Waals surface area contributed by atoms with Crippen LogP contribution in [-0.4, -0.2) is 13.0 Å². The number of fused-ring (bicyclic) bond motifs is 1. The summed E-state index contributed by atoms with van der Waals surface area (Å²) >= 11 is 0. The van der Waals surface area contributed by atoms with Crippen LogP contribution in [0, 0.1) is 13.8 Å². The van der Waals surface area contributed by atoms with Gasteiger partial charge in [-0.1, -0.05) is 54.1 Å². The van der Waals surface area contributed by atoms with E-state index in [1.54, 1.807) is 37.1 Å². The second-order valence-corrected chi connectivity index (χ2v) is 7.13. The van der Waals surface area contributed by atoms with E-state index < -0.39 is 0 Å². The third kappa shape index (κ3) is 3.34. The average Bonchev–Trinajstić information content (AvgIpc) is 2.76. The van der Waals surface area contributed by atoms with Crippen LogP contribution in [0.3, 0.4) is 0 Å². The second-order valence-electron chi connectivity index (χ2n) is 7.13. The SMILES string of the molecule is Cc1ccc(N(C)C(=O)c2cccc3c(=O)c(C)c(-c4ccccc4)oc23)cc1. The van der Waals surface area contributed by atoms with Gasteiger partial charge in [0.2, 0.25) is 0 Å². The number of carbonyl (C=O) groups excluding carboxylic acids is 1. The molecule has 0 saturated heterocycles. The summed E-state index contributed by atoms with van der Waals surface area (Å²) in [5, 5.41) is 0.408. The van der Waals surface area contributed by atoms with Crippen molar-refractivity contribution in [2.75, 3.05) is 11.9 Å². The molecule has 4 rings (SSSR count). The zero-order chi connectivity index (χ0) is 20.5. The Balaban J connectivity index is 1.89. The Morgan fingerprint density at radius 1 is 0.862 bits per heavy atom. The first-order valence-electron chi connectivity index (χ1n) is 9.44. The fraction of sp³-hybridized carbons (Fsp3) is 0.120. The highest BCUT2D eigenvalue weighted by atomic mass is 16.3. The number of para-hydroxylation sites is 1. The Kier molecular flexibility index (Phi) is 4.77. The van der Waals surface area contributed by atoms with Gasteiger partial charge in [0.1, 0.15) is 5.76 Å². The zero-order valence-electron chi connectivity index (χ0n) is 16.6. The highest BCUT2D eigenvalue weighted by Crippen LogP contribution is 2.28. The molecule has 1 aromatic heterocycles. The van der Waals surface area contributed by atoms with E-state index in [0.29, 0.717) is 27.9 Å². The van der Waals surface area contributed by atoms with Gasteiger partial charge < -0.3 is 9.32 Å². The van der Waals surface area contributed by atoms with Crippen LogP contribution in [0.5, 0.6) is 0 Å². The molecule has 0 unspecified atom stereocenters. The molecule has 3 aromatic carbocycles. The van der Waals surface area contributed by atoms with Crippen LogP contribution in [-0.2, 0) is 0 Å². The van der Waals surface area contributed by atoms with Gasteiger partial charge in [0.25, 0.3) is 5.91 Å². The van der Waals surface area contributed by atoms with E-state index in [0.717, 1.165) is 16.8 Å². The second kappa shape index (κ2) is 7.40. The van der Waals surface area contributed by atoms with Gasteiger partial charge in [-0.05, 0) is 38.1 Å². The number of amides is 1. The molecule has 0 N–H and O–H groups in total. The molecule has 0 fully saturated rings. The summed E-state index contributed by atoms with van der Waals surface area (Å²) in [5.41, 5.74) is 3.77. The molecule has 0 atom stereocenters. The number of hydrogen-bond acceptors (Lipinski definition) is 3. The third-order valence-corrected chi connectivity index (χ3v) is 5.14. The monoisotopic (exact) mass is 383 g/mol. The summed E-state index contributed by atoms with van der Waals surface area (Å²) in [6, 6.07) is 22.3. The molecule has 0 radical (unpaired) electrons. The van der Waals surface area contributed by atoms with Crippen molar-refractivity contribution in [1.29, 1.82) is 0 Å². The van der Waals surface area contributed by atoms with E-state index in [9.17, 15) is 9.59 Å². The van der Waals surface area contributed by atoms with Crippen LogP contribution in [0.4, 0.5) is 5.69 Å². The summed E-state index contributed by atoms with van der Waals surface area (Å²) in [6.45, 7) is 3.75. The van der Waals surface area contributed by atoms with Gasteiger partial charge in [0, 0.05) is 23.9 Å². The van der Waals surface area contributed by atoms with E-state index in [4.69, 9.17) is 4.42 Å². The maximum absolute atomic E-state index is 13.3. The first-order chi connectivity index (χ1) is 14.0. The smallest absolute Gasteiger partial charge is 0.261 e. The number of carbonyl (C=O) groups is 1. The first kappa shape index (κ1) is 18.7. The topological polar surface area (TPSA) is 50.5 Å². The Hall–Kier alpha value is -3.66. The Morgan fingerprint density at radius 2 is 1.55 bits per heavy atom. The third-order valence-electron chi connectivity index (χ3n) is 5.14. The highest BCUT2D eigenvalue weighted by Gasteiger charge is 2.21. The first-order valence-corrected chi connectivity index (χ1v) is 9.44. The quantitative estimate of drug-likeness (QED) is 0.479. The van der Waals surface area contributed by atoms with E-state index in [-0.39, 0.29) is 11.3 Å². The van der Waals surface area contributed by atoms with Gasteiger partial charge in [-0.25, -0.2) is 0 Å². The predicted octanol–water partition coefficient (Wildman–Crippen LogP) is 5.35.